The highest BCUT2D eigenvalue weighted by molar-refractivity contribution is 9.10. The van der Waals surface area contributed by atoms with Crippen LogP contribution in [0.1, 0.15) is 17.3 Å². The molecule has 0 bridgehead atoms. The summed E-state index contributed by atoms with van der Waals surface area (Å²) in [4.78, 5) is 12.5. The molecule has 1 aromatic rings. The Bertz CT molecular complexity index is 482. The quantitative estimate of drug-likeness (QED) is 0.869. The Balaban J connectivity index is 3.25. The molecule has 0 spiro atoms. The molecular formula is C12H11BrFNO2. The lowest BCUT2D eigenvalue weighted by Gasteiger charge is -2.21. The van der Waals surface area contributed by atoms with Gasteiger partial charge >= 0.3 is 5.97 Å². The van der Waals surface area contributed by atoms with Crippen LogP contribution < -0.4 is 4.90 Å². The third kappa shape index (κ3) is 2.77. The molecule has 1 aromatic carbocycles. The highest BCUT2D eigenvalue weighted by Crippen LogP contribution is 2.29. The summed E-state index contributed by atoms with van der Waals surface area (Å²) in [6.45, 7) is 2.65. The summed E-state index contributed by atoms with van der Waals surface area (Å²) >= 11 is 2.95. The lowest BCUT2D eigenvalue weighted by molar-refractivity contribution is 0.0695. The van der Waals surface area contributed by atoms with Crippen molar-refractivity contribution in [2.24, 2.45) is 0 Å². The first-order valence-electron chi connectivity index (χ1n) is 4.92. The molecule has 90 valence electrons. The van der Waals surface area contributed by atoms with E-state index in [0.29, 0.717) is 12.2 Å². The summed E-state index contributed by atoms with van der Waals surface area (Å²) in [6, 6.07) is 2.77. The number of benzene rings is 1. The van der Waals surface area contributed by atoms with Crippen LogP contribution in [-0.2, 0) is 0 Å². The van der Waals surface area contributed by atoms with E-state index in [2.05, 4.69) is 21.9 Å². The van der Waals surface area contributed by atoms with Gasteiger partial charge in [-0.3, -0.25) is 0 Å². The first-order valence-corrected chi connectivity index (χ1v) is 5.71. The standard InChI is InChI=1S/C12H11BrFNO2/c1-3-7-15(4-2)9-6-5-8(12(16)17)10(13)11(9)14/h1,5-6H,4,7H2,2H3,(H,16,17). The number of rotatable bonds is 4. The number of nitrogens with zero attached hydrogens (tertiary/aromatic N) is 1. The molecular weight excluding hydrogens is 289 g/mol. The minimum absolute atomic E-state index is 0.0574. The van der Waals surface area contributed by atoms with Gasteiger partial charge in [0.15, 0.2) is 5.82 Å². The zero-order valence-electron chi connectivity index (χ0n) is 9.20. The number of terminal acetylenes is 1. The second-order valence-electron chi connectivity index (χ2n) is 3.28. The average molecular weight is 300 g/mol. The number of carboxylic acids is 1. The van der Waals surface area contributed by atoms with Crippen LogP contribution in [0.2, 0.25) is 0 Å². The fourth-order valence-electron chi connectivity index (χ4n) is 1.43. The van der Waals surface area contributed by atoms with Crippen molar-refractivity contribution in [3.8, 4) is 12.3 Å². The monoisotopic (exact) mass is 299 g/mol. The van der Waals surface area contributed by atoms with Gasteiger partial charge in [0.25, 0.3) is 0 Å². The fourth-order valence-corrected chi connectivity index (χ4v) is 1.93. The maximum atomic E-state index is 14.0. The molecule has 17 heavy (non-hydrogen) atoms. The summed E-state index contributed by atoms with van der Waals surface area (Å²) < 4.78 is 13.9. The second kappa shape index (κ2) is 5.69. The molecule has 3 nitrogen and oxygen atoms in total. The number of anilines is 1. The van der Waals surface area contributed by atoms with E-state index in [1.54, 1.807) is 4.90 Å². The lowest BCUT2D eigenvalue weighted by atomic mass is 10.2. The van der Waals surface area contributed by atoms with E-state index in [4.69, 9.17) is 11.5 Å². The summed E-state index contributed by atoms with van der Waals surface area (Å²) in [6.07, 6.45) is 5.19. The molecule has 0 aliphatic carbocycles. The largest absolute Gasteiger partial charge is 0.478 e. The topological polar surface area (TPSA) is 40.5 Å². The van der Waals surface area contributed by atoms with Crippen LogP contribution in [0.3, 0.4) is 0 Å². The Morgan fingerprint density at radius 2 is 2.29 bits per heavy atom. The van der Waals surface area contributed by atoms with Gasteiger partial charge in [0.2, 0.25) is 0 Å². The van der Waals surface area contributed by atoms with Gasteiger partial charge in [-0.2, -0.15) is 0 Å². The van der Waals surface area contributed by atoms with Gasteiger partial charge in [-0.05, 0) is 35.0 Å². The minimum atomic E-state index is -1.18. The van der Waals surface area contributed by atoms with Gasteiger partial charge in [0, 0.05) is 6.54 Å². The first-order chi connectivity index (χ1) is 8.02. The molecule has 5 heteroatoms. The van der Waals surface area contributed by atoms with Gasteiger partial charge in [-0.15, -0.1) is 6.42 Å². The molecule has 0 atom stereocenters. The van der Waals surface area contributed by atoms with Crippen molar-refractivity contribution in [3.63, 3.8) is 0 Å². The van der Waals surface area contributed by atoms with E-state index in [1.807, 2.05) is 6.92 Å². The summed E-state index contributed by atoms with van der Waals surface area (Å²) in [5.41, 5.74) is 0.185. The second-order valence-corrected chi connectivity index (χ2v) is 4.08. The molecule has 0 radical (unpaired) electrons. The number of hydrogen-bond donors (Lipinski definition) is 1. The third-order valence-electron chi connectivity index (χ3n) is 2.30. The summed E-state index contributed by atoms with van der Waals surface area (Å²) in [7, 11) is 0. The zero-order chi connectivity index (χ0) is 13.0. The molecule has 1 rings (SSSR count). The van der Waals surface area contributed by atoms with Gasteiger partial charge < -0.3 is 10.0 Å². The van der Waals surface area contributed by atoms with E-state index < -0.39 is 11.8 Å². The zero-order valence-corrected chi connectivity index (χ0v) is 10.8. The third-order valence-corrected chi connectivity index (χ3v) is 3.07. The van der Waals surface area contributed by atoms with Crippen LogP contribution in [0.5, 0.6) is 0 Å². The minimum Gasteiger partial charge on any atom is -0.478 e. The van der Waals surface area contributed by atoms with Crippen LogP contribution in [-0.4, -0.2) is 24.2 Å². The molecule has 0 saturated heterocycles. The first kappa shape index (κ1) is 13.5. The van der Waals surface area contributed by atoms with Gasteiger partial charge in [-0.1, -0.05) is 5.92 Å². The van der Waals surface area contributed by atoms with Crippen molar-refractivity contribution >= 4 is 27.6 Å². The lowest BCUT2D eigenvalue weighted by Crippen LogP contribution is -2.24. The molecule has 0 heterocycles. The smallest absolute Gasteiger partial charge is 0.336 e. The van der Waals surface area contributed by atoms with Gasteiger partial charge in [-0.25, -0.2) is 9.18 Å². The van der Waals surface area contributed by atoms with E-state index in [-0.39, 0.29) is 16.6 Å². The van der Waals surface area contributed by atoms with Gasteiger partial charge in [0.1, 0.15) is 0 Å². The van der Waals surface area contributed by atoms with E-state index >= 15 is 0 Å². The molecule has 0 saturated carbocycles. The maximum absolute atomic E-state index is 14.0. The summed E-state index contributed by atoms with van der Waals surface area (Å²) in [5.74, 6) is 0.641. The van der Waals surface area contributed by atoms with Crippen LogP contribution in [0.25, 0.3) is 0 Å². The molecule has 0 fully saturated rings. The SMILES string of the molecule is C#CCN(CC)c1ccc(C(=O)O)c(Br)c1F. The van der Waals surface area contributed by atoms with E-state index in [9.17, 15) is 9.18 Å². The highest BCUT2D eigenvalue weighted by atomic mass is 79.9. The molecule has 0 unspecified atom stereocenters. The Morgan fingerprint density at radius 1 is 1.65 bits per heavy atom. The van der Waals surface area contributed by atoms with E-state index in [0.717, 1.165) is 0 Å². The number of aromatic carboxylic acids is 1. The fraction of sp³-hybridized carbons (Fsp3) is 0.250. The van der Waals surface area contributed by atoms with Gasteiger partial charge in [0.05, 0.1) is 22.3 Å². The van der Waals surface area contributed by atoms with Crippen LogP contribution in [0, 0.1) is 18.2 Å². The van der Waals surface area contributed by atoms with Crippen molar-refractivity contribution in [2.45, 2.75) is 6.92 Å². The Morgan fingerprint density at radius 3 is 2.76 bits per heavy atom. The predicted octanol–water partition coefficient (Wildman–Crippen LogP) is 2.75. The molecule has 1 N–H and O–H groups in total. The molecule has 0 aliphatic rings. The normalized spacial score (nSPS) is 9.76. The van der Waals surface area contributed by atoms with Crippen molar-refractivity contribution in [1.29, 1.82) is 0 Å². The number of carbonyl (C=O) groups is 1. The van der Waals surface area contributed by atoms with Crippen molar-refractivity contribution in [1.82, 2.24) is 0 Å². The summed E-state index contributed by atoms with van der Waals surface area (Å²) in [5, 5.41) is 8.84. The Labute approximate surface area is 107 Å². The predicted molar refractivity (Wildman–Crippen MR) is 67.8 cm³/mol. The van der Waals surface area contributed by atoms with Crippen LogP contribution >= 0.6 is 15.9 Å². The van der Waals surface area contributed by atoms with Crippen molar-refractivity contribution in [2.75, 3.05) is 18.0 Å². The average Bonchev–Trinajstić information content (AvgIpc) is 2.29. The van der Waals surface area contributed by atoms with E-state index in [1.165, 1.54) is 12.1 Å². The Hall–Kier alpha value is -1.54. The molecule has 0 amide bonds. The van der Waals surface area contributed by atoms with Crippen molar-refractivity contribution in [3.05, 3.63) is 28.0 Å². The van der Waals surface area contributed by atoms with Crippen LogP contribution in [0.4, 0.5) is 10.1 Å². The maximum Gasteiger partial charge on any atom is 0.336 e. The number of halogens is 2. The highest BCUT2D eigenvalue weighted by Gasteiger charge is 2.18. The molecule has 0 aliphatic heterocycles. The number of hydrogen-bond acceptors (Lipinski definition) is 2. The van der Waals surface area contributed by atoms with Crippen molar-refractivity contribution < 1.29 is 14.3 Å². The Kier molecular flexibility index (Phi) is 4.53. The number of carboxylic acid groups (broad SMARTS) is 1. The van der Waals surface area contributed by atoms with Crippen LogP contribution in [0.15, 0.2) is 16.6 Å². The molecule has 0 aromatic heterocycles.